The largest absolute Gasteiger partial charge is 0.502 e. The fourth-order valence-corrected chi connectivity index (χ4v) is 5.12. The van der Waals surface area contributed by atoms with Crippen LogP contribution in [0.3, 0.4) is 0 Å². The van der Waals surface area contributed by atoms with E-state index in [1.54, 1.807) is 11.9 Å². The number of rotatable bonds is 4. The summed E-state index contributed by atoms with van der Waals surface area (Å²) in [6.07, 6.45) is 2.12. The number of aromatic nitrogens is 1. The zero-order valence-electron chi connectivity index (χ0n) is 18.8. The van der Waals surface area contributed by atoms with Crippen molar-refractivity contribution in [1.82, 2.24) is 14.5 Å². The summed E-state index contributed by atoms with van der Waals surface area (Å²) in [5, 5.41) is 13.7. The lowest BCUT2D eigenvalue weighted by Gasteiger charge is -2.44. The van der Waals surface area contributed by atoms with Crippen molar-refractivity contribution < 1.29 is 14.7 Å². The van der Waals surface area contributed by atoms with Gasteiger partial charge in [-0.15, -0.1) is 9.24 Å². The number of fused-ring (bicyclic) bond motifs is 3. The number of hydrogen-bond donors (Lipinski definition) is 1. The lowest BCUT2D eigenvalue weighted by atomic mass is 10.1. The van der Waals surface area contributed by atoms with Crippen molar-refractivity contribution >= 4 is 26.4 Å². The highest BCUT2D eigenvalue weighted by Gasteiger charge is 2.45. The second-order valence-electron chi connectivity index (χ2n) is 8.69. The van der Waals surface area contributed by atoms with Gasteiger partial charge < -0.3 is 14.9 Å². The molecule has 3 atom stereocenters. The summed E-state index contributed by atoms with van der Waals surface area (Å²) < 4.78 is 1.52. The minimum absolute atomic E-state index is 0.0757. The van der Waals surface area contributed by atoms with Gasteiger partial charge >= 0.3 is 0 Å². The Morgan fingerprint density at radius 3 is 2.69 bits per heavy atom. The molecule has 1 fully saturated rings. The van der Waals surface area contributed by atoms with E-state index in [2.05, 4.69) is 16.2 Å². The molecule has 2 aromatic rings. The van der Waals surface area contributed by atoms with Crippen LogP contribution in [0.15, 0.2) is 29.2 Å². The molecule has 4 rings (SSSR count). The zero-order valence-corrected chi connectivity index (χ0v) is 20.0. The molecule has 3 heterocycles. The van der Waals surface area contributed by atoms with Gasteiger partial charge in [0, 0.05) is 32.9 Å². The molecule has 1 saturated heterocycles. The number of pyridine rings is 1. The van der Waals surface area contributed by atoms with E-state index in [1.807, 2.05) is 37.1 Å². The van der Waals surface area contributed by atoms with Gasteiger partial charge in [0.15, 0.2) is 11.4 Å². The van der Waals surface area contributed by atoms with E-state index < -0.39 is 23.0 Å². The van der Waals surface area contributed by atoms with Crippen LogP contribution in [0, 0.1) is 12.8 Å². The van der Waals surface area contributed by atoms with Gasteiger partial charge in [0.1, 0.15) is 11.7 Å². The minimum Gasteiger partial charge on any atom is -0.502 e. The van der Waals surface area contributed by atoms with Crippen molar-refractivity contribution in [2.75, 3.05) is 25.1 Å². The fourth-order valence-electron chi connectivity index (χ4n) is 4.77. The number of nitrogens with zero attached hydrogens (tertiary/aromatic N) is 4. The molecular weight excluding hydrogens is 427 g/mol. The summed E-state index contributed by atoms with van der Waals surface area (Å²) in [5.74, 6) is -1.32. The molecular formula is C23H29N4O4P. The van der Waals surface area contributed by atoms with E-state index in [0.717, 1.165) is 22.9 Å². The standard InChI is InChI=1S/C23H29N4O4P/c1-5-25-21-13(2)8-9-26(21)27-12-17(19(28)20(29)18(27)23(25)31)22(30)24(4)11-15-6-7-16(32)10-14(15)3/h6-7,10,12-13,21,29H,5,8-9,11,32H2,1-4H3/t13-,21-/m0/s1. The van der Waals surface area contributed by atoms with Crippen molar-refractivity contribution in [3.05, 3.63) is 57.0 Å². The quantitative estimate of drug-likeness (QED) is 0.704. The molecule has 1 N–H and O–H groups in total. The Labute approximate surface area is 189 Å². The van der Waals surface area contributed by atoms with Crippen LogP contribution >= 0.6 is 9.24 Å². The predicted octanol–water partition coefficient (Wildman–Crippen LogP) is 1.41. The van der Waals surface area contributed by atoms with Crippen molar-refractivity contribution in [2.45, 2.75) is 39.9 Å². The molecule has 0 radical (unpaired) electrons. The molecule has 1 unspecified atom stereocenters. The maximum absolute atomic E-state index is 13.2. The lowest BCUT2D eigenvalue weighted by molar-refractivity contribution is 0.0557. The fraction of sp³-hybridized carbons (Fsp3) is 0.435. The first-order valence-electron chi connectivity index (χ1n) is 10.8. The first kappa shape index (κ1) is 22.3. The van der Waals surface area contributed by atoms with Crippen molar-refractivity contribution in [3.8, 4) is 5.75 Å². The molecule has 32 heavy (non-hydrogen) atoms. The Kier molecular flexibility index (Phi) is 5.76. The Hall–Kier alpha value is -2.86. The van der Waals surface area contributed by atoms with Crippen LogP contribution in [-0.2, 0) is 6.54 Å². The average molecular weight is 456 g/mol. The molecule has 9 heteroatoms. The van der Waals surface area contributed by atoms with Gasteiger partial charge in [-0.2, -0.15) is 0 Å². The van der Waals surface area contributed by atoms with Crippen LogP contribution in [-0.4, -0.2) is 57.7 Å². The van der Waals surface area contributed by atoms with Gasteiger partial charge in [0.05, 0.1) is 0 Å². The maximum Gasteiger partial charge on any atom is 0.278 e. The van der Waals surface area contributed by atoms with Crippen LogP contribution in [0.4, 0.5) is 0 Å². The Morgan fingerprint density at radius 2 is 2.03 bits per heavy atom. The van der Waals surface area contributed by atoms with E-state index in [-0.39, 0.29) is 23.3 Å². The summed E-state index contributed by atoms with van der Waals surface area (Å²) >= 11 is 0. The SMILES string of the molecule is CCN1C(=O)c2c(O)c(=O)c(C(=O)N(C)Cc3ccc(P)cc3C)cn2N2CC[C@H](C)[C@@H]12. The van der Waals surface area contributed by atoms with Gasteiger partial charge in [-0.05, 0) is 42.6 Å². The molecule has 0 spiro atoms. The Bertz CT molecular complexity index is 1160. The molecule has 2 aliphatic rings. The normalized spacial score (nSPS) is 19.7. The van der Waals surface area contributed by atoms with Gasteiger partial charge in [-0.1, -0.05) is 25.1 Å². The second kappa shape index (κ2) is 8.24. The van der Waals surface area contributed by atoms with Crippen molar-refractivity contribution in [2.24, 2.45) is 5.92 Å². The summed E-state index contributed by atoms with van der Waals surface area (Å²) in [5.41, 5.74) is 0.969. The molecule has 2 amide bonds. The van der Waals surface area contributed by atoms with E-state index in [1.165, 1.54) is 15.8 Å². The molecule has 8 nitrogen and oxygen atoms in total. The zero-order chi connectivity index (χ0) is 23.3. The first-order chi connectivity index (χ1) is 15.1. The molecule has 1 aromatic heterocycles. The smallest absolute Gasteiger partial charge is 0.278 e. The topological polar surface area (TPSA) is 86.1 Å². The second-order valence-corrected chi connectivity index (χ2v) is 9.36. The van der Waals surface area contributed by atoms with E-state index in [4.69, 9.17) is 0 Å². The number of aromatic hydroxyl groups is 1. The first-order valence-corrected chi connectivity index (χ1v) is 11.4. The third-order valence-electron chi connectivity index (χ3n) is 6.54. The summed E-state index contributed by atoms with van der Waals surface area (Å²) in [6, 6.07) is 5.91. The molecule has 2 aliphatic heterocycles. The molecule has 0 aliphatic carbocycles. The van der Waals surface area contributed by atoms with Crippen molar-refractivity contribution in [1.29, 1.82) is 0 Å². The number of amides is 2. The maximum atomic E-state index is 13.2. The number of benzene rings is 1. The van der Waals surface area contributed by atoms with Crippen LogP contribution in [0.25, 0.3) is 0 Å². The van der Waals surface area contributed by atoms with Crippen LogP contribution < -0.4 is 15.7 Å². The number of carbonyl (C=O) groups is 2. The molecule has 170 valence electrons. The summed E-state index contributed by atoms with van der Waals surface area (Å²) in [7, 11) is 4.27. The number of hydrogen-bond acceptors (Lipinski definition) is 5. The van der Waals surface area contributed by atoms with Crippen molar-refractivity contribution in [3.63, 3.8) is 0 Å². The van der Waals surface area contributed by atoms with Crippen LogP contribution in [0.1, 0.15) is 52.2 Å². The lowest BCUT2D eigenvalue weighted by Crippen LogP contribution is -2.60. The van der Waals surface area contributed by atoms with Gasteiger partial charge in [0.2, 0.25) is 5.43 Å². The third-order valence-corrected chi connectivity index (χ3v) is 6.90. The van der Waals surface area contributed by atoms with E-state index in [9.17, 15) is 19.5 Å². The molecule has 0 saturated carbocycles. The Morgan fingerprint density at radius 1 is 1.31 bits per heavy atom. The molecule has 0 bridgehead atoms. The number of aryl methyl sites for hydroxylation is 1. The van der Waals surface area contributed by atoms with Gasteiger partial charge in [-0.3, -0.25) is 24.1 Å². The van der Waals surface area contributed by atoms with Gasteiger partial charge in [0.25, 0.3) is 11.8 Å². The highest BCUT2D eigenvalue weighted by atomic mass is 31.0. The van der Waals surface area contributed by atoms with E-state index >= 15 is 0 Å². The Balaban J connectivity index is 1.74. The monoisotopic (exact) mass is 456 g/mol. The highest BCUT2D eigenvalue weighted by Crippen LogP contribution is 2.33. The average Bonchev–Trinajstić information content (AvgIpc) is 3.13. The predicted molar refractivity (Wildman–Crippen MR) is 126 cm³/mol. The summed E-state index contributed by atoms with van der Waals surface area (Å²) in [4.78, 5) is 42.4. The van der Waals surface area contributed by atoms with Crippen LogP contribution in [0.2, 0.25) is 0 Å². The summed E-state index contributed by atoms with van der Waals surface area (Å²) in [6.45, 7) is 7.38. The minimum atomic E-state index is -0.819. The van der Waals surface area contributed by atoms with Crippen LogP contribution in [0.5, 0.6) is 5.75 Å². The highest BCUT2D eigenvalue weighted by molar-refractivity contribution is 7.27. The van der Waals surface area contributed by atoms with E-state index in [0.29, 0.717) is 19.6 Å². The third kappa shape index (κ3) is 3.47. The molecule has 1 aromatic carbocycles. The van der Waals surface area contributed by atoms with Gasteiger partial charge in [-0.25, -0.2) is 0 Å². The number of carbonyl (C=O) groups excluding carboxylic acids is 2.